The first-order valence-corrected chi connectivity index (χ1v) is 10.5. The molecule has 0 spiro atoms. The van der Waals surface area contributed by atoms with Crippen LogP contribution in [0.1, 0.15) is 40.4 Å². The summed E-state index contributed by atoms with van der Waals surface area (Å²) in [5.74, 6) is 0.0381. The highest BCUT2D eigenvalue weighted by molar-refractivity contribution is 6.42. The summed E-state index contributed by atoms with van der Waals surface area (Å²) >= 11 is 11.9. The SMILES string of the molecule is O=C(c1ccc(Cl)c(Cl)c1)N1CCC(c2cc(-c3cccc(C(F)(F)F)c3)n[nH]2)CC1. The number of hydrogen-bond donors (Lipinski definition) is 1. The fourth-order valence-electron chi connectivity index (χ4n) is 3.75. The monoisotopic (exact) mass is 467 g/mol. The molecule has 2 heterocycles. The van der Waals surface area contributed by atoms with Gasteiger partial charge < -0.3 is 4.90 Å². The number of rotatable bonds is 3. The molecule has 3 aromatic rings. The number of aromatic amines is 1. The number of aromatic nitrogens is 2. The molecule has 0 atom stereocenters. The number of alkyl halides is 3. The Morgan fingerprint density at radius 3 is 2.45 bits per heavy atom. The minimum absolute atomic E-state index is 0.105. The van der Waals surface area contributed by atoms with E-state index in [1.807, 2.05) is 0 Å². The van der Waals surface area contributed by atoms with Crippen molar-refractivity contribution in [1.82, 2.24) is 15.1 Å². The molecule has 162 valence electrons. The van der Waals surface area contributed by atoms with Gasteiger partial charge in [-0.25, -0.2) is 0 Å². The van der Waals surface area contributed by atoms with E-state index in [1.165, 1.54) is 6.07 Å². The lowest BCUT2D eigenvalue weighted by molar-refractivity contribution is -0.137. The highest BCUT2D eigenvalue weighted by Gasteiger charge is 2.31. The molecular formula is C22H18Cl2F3N3O. The van der Waals surface area contributed by atoms with Crippen molar-refractivity contribution >= 4 is 29.1 Å². The van der Waals surface area contributed by atoms with E-state index in [9.17, 15) is 18.0 Å². The number of hydrogen-bond acceptors (Lipinski definition) is 2. The topological polar surface area (TPSA) is 49.0 Å². The zero-order valence-electron chi connectivity index (χ0n) is 16.2. The van der Waals surface area contributed by atoms with E-state index in [2.05, 4.69) is 10.2 Å². The predicted octanol–water partition coefficient (Wildman–Crippen LogP) is 6.42. The average Bonchev–Trinajstić information content (AvgIpc) is 3.25. The van der Waals surface area contributed by atoms with Crippen LogP contribution >= 0.6 is 23.2 Å². The van der Waals surface area contributed by atoms with Crippen LogP contribution < -0.4 is 0 Å². The Labute approximate surface area is 187 Å². The van der Waals surface area contributed by atoms with Crippen molar-refractivity contribution in [1.29, 1.82) is 0 Å². The van der Waals surface area contributed by atoms with Gasteiger partial charge in [0.2, 0.25) is 0 Å². The van der Waals surface area contributed by atoms with Crippen molar-refractivity contribution in [2.24, 2.45) is 0 Å². The second-order valence-electron chi connectivity index (χ2n) is 7.48. The highest BCUT2D eigenvalue weighted by Crippen LogP contribution is 2.34. The molecule has 4 nitrogen and oxygen atoms in total. The van der Waals surface area contributed by atoms with Crippen LogP contribution in [0.15, 0.2) is 48.5 Å². The number of piperidine rings is 1. The number of carbonyl (C=O) groups excluding carboxylic acids is 1. The van der Waals surface area contributed by atoms with Crippen molar-refractivity contribution < 1.29 is 18.0 Å². The number of benzene rings is 2. The van der Waals surface area contributed by atoms with Gasteiger partial charge in [0.15, 0.2) is 0 Å². The van der Waals surface area contributed by atoms with Crippen molar-refractivity contribution in [3.8, 4) is 11.3 Å². The lowest BCUT2D eigenvalue weighted by Gasteiger charge is -2.31. The molecule has 1 aliphatic heterocycles. The molecule has 0 bridgehead atoms. The summed E-state index contributed by atoms with van der Waals surface area (Å²) in [7, 11) is 0. The zero-order chi connectivity index (χ0) is 22.2. The normalized spacial score (nSPS) is 15.3. The van der Waals surface area contributed by atoms with E-state index in [0.29, 0.717) is 40.0 Å². The van der Waals surface area contributed by atoms with E-state index in [1.54, 1.807) is 35.2 Å². The molecular weight excluding hydrogens is 450 g/mol. The molecule has 0 saturated carbocycles. The highest BCUT2D eigenvalue weighted by atomic mass is 35.5. The van der Waals surface area contributed by atoms with Gasteiger partial charge in [-0.05, 0) is 49.2 Å². The van der Waals surface area contributed by atoms with E-state index in [-0.39, 0.29) is 11.8 Å². The smallest absolute Gasteiger partial charge is 0.339 e. The van der Waals surface area contributed by atoms with Gasteiger partial charge in [0.05, 0.1) is 21.3 Å². The molecule has 1 saturated heterocycles. The first-order valence-electron chi connectivity index (χ1n) is 9.69. The number of nitrogens with zero attached hydrogens (tertiary/aromatic N) is 2. The first-order chi connectivity index (χ1) is 14.7. The Kier molecular flexibility index (Phi) is 5.99. The summed E-state index contributed by atoms with van der Waals surface area (Å²) in [6.07, 6.45) is -2.96. The van der Waals surface area contributed by atoms with Gasteiger partial charge in [0, 0.05) is 35.8 Å². The molecule has 0 unspecified atom stereocenters. The van der Waals surface area contributed by atoms with Crippen LogP contribution in [0.25, 0.3) is 11.3 Å². The number of carbonyl (C=O) groups is 1. The van der Waals surface area contributed by atoms with Gasteiger partial charge in [0.25, 0.3) is 5.91 Å². The first kappa shape index (κ1) is 21.7. The molecule has 31 heavy (non-hydrogen) atoms. The van der Waals surface area contributed by atoms with Gasteiger partial charge in [-0.1, -0.05) is 35.3 Å². The molecule has 9 heteroatoms. The van der Waals surface area contributed by atoms with E-state index >= 15 is 0 Å². The lowest BCUT2D eigenvalue weighted by atomic mass is 9.92. The standard InChI is InChI=1S/C22H18Cl2F3N3O/c23-17-5-4-15(11-18(17)24)21(31)30-8-6-13(7-9-30)19-12-20(29-28-19)14-2-1-3-16(10-14)22(25,26)27/h1-5,10-13H,6-9H2,(H,28,29). The third-order valence-electron chi connectivity index (χ3n) is 5.47. The molecule has 0 aliphatic carbocycles. The Morgan fingerprint density at radius 2 is 1.77 bits per heavy atom. The summed E-state index contributed by atoms with van der Waals surface area (Å²) in [4.78, 5) is 14.5. The number of H-pyrrole nitrogens is 1. The van der Waals surface area contributed by atoms with Crippen LogP contribution in [0.4, 0.5) is 13.2 Å². The Balaban J connectivity index is 1.43. The van der Waals surface area contributed by atoms with Crippen molar-refractivity contribution in [2.45, 2.75) is 24.9 Å². The molecule has 1 aliphatic rings. The zero-order valence-corrected chi connectivity index (χ0v) is 17.7. The summed E-state index contributed by atoms with van der Waals surface area (Å²) in [6.45, 7) is 1.11. The maximum absolute atomic E-state index is 13.0. The van der Waals surface area contributed by atoms with Gasteiger partial charge >= 0.3 is 6.18 Å². The second-order valence-corrected chi connectivity index (χ2v) is 8.30. The largest absolute Gasteiger partial charge is 0.416 e. The maximum Gasteiger partial charge on any atom is 0.416 e. The van der Waals surface area contributed by atoms with E-state index in [0.717, 1.165) is 30.7 Å². The summed E-state index contributed by atoms with van der Waals surface area (Å²) in [5, 5.41) is 7.89. The van der Waals surface area contributed by atoms with E-state index < -0.39 is 11.7 Å². The van der Waals surface area contributed by atoms with Crippen LogP contribution in [-0.2, 0) is 6.18 Å². The van der Waals surface area contributed by atoms with Crippen LogP contribution in [-0.4, -0.2) is 34.1 Å². The van der Waals surface area contributed by atoms with E-state index in [4.69, 9.17) is 23.2 Å². The fourth-order valence-corrected chi connectivity index (χ4v) is 4.05. The molecule has 4 rings (SSSR count). The number of halogens is 5. The molecule has 1 amide bonds. The van der Waals surface area contributed by atoms with Crippen molar-refractivity contribution in [2.75, 3.05) is 13.1 Å². The van der Waals surface area contributed by atoms with Crippen molar-refractivity contribution in [3.63, 3.8) is 0 Å². The van der Waals surface area contributed by atoms with Crippen molar-refractivity contribution in [3.05, 3.63) is 75.4 Å². The van der Waals surface area contributed by atoms with Crippen LogP contribution in [0, 0.1) is 0 Å². The minimum atomic E-state index is -4.40. The molecule has 1 N–H and O–H groups in total. The molecule has 2 aromatic carbocycles. The Hall–Kier alpha value is -2.51. The quantitative estimate of drug-likeness (QED) is 0.482. The minimum Gasteiger partial charge on any atom is -0.339 e. The second kappa shape index (κ2) is 8.55. The molecule has 0 radical (unpaired) electrons. The number of likely N-dealkylation sites (tertiary alicyclic amines) is 1. The number of amides is 1. The average molecular weight is 468 g/mol. The molecule has 1 fully saturated rings. The van der Waals surface area contributed by atoms with Gasteiger partial charge in [-0.3, -0.25) is 9.89 Å². The summed E-state index contributed by atoms with van der Waals surface area (Å²) in [5.41, 5.74) is 1.51. The molecule has 1 aromatic heterocycles. The van der Waals surface area contributed by atoms with Crippen LogP contribution in [0.5, 0.6) is 0 Å². The lowest BCUT2D eigenvalue weighted by Crippen LogP contribution is -2.38. The summed E-state index contributed by atoms with van der Waals surface area (Å²) in [6, 6.07) is 11.7. The Bertz CT molecular complexity index is 1110. The Morgan fingerprint density at radius 1 is 1.03 bits per heavy atom. The number of nitrogens with one attached hydrogen (secondary N) is 1. The van der Waals surface area contributed by atoms with Crippen LogP contribution in [0.3, 0.4) is 0 Å². The summed E-state index contributed by atoms with van der Waals surface area (Å²) < 4.78 is 38.9. The van der Waals surface area contributed by atoms with Gasteiger partial charge in [-0.15, -0.1) is 0 Å². The van der Waals surface area contributed by atoms with Crippen LogP contribution in [0.2, 0.25) is 10.0 Å². The maximum atomic E-state index is 13.0. The third-order valence-corrected chi connectivity index (χ3v) is 6.21. The predicted molar refractivity (Wildman–Crippen MR) is 113 cm³/mol. The fraction of sp³-hybridized carbons (Fsp3) is 0.273. The third kappa shape index (κ3) is 4.72. The van der Waals surface area contributed by atoms with Gasteiger partial charge in [0.1, 0.15) is 0 Å². The van der Waals surface area contributed by atoms with Gasteiger partial charge in [-0.2, -0.15) is 18.3 Å².